The van der Waals surface area contributed by atoms with E-state index in [0.717, 1.165) is 25.7 Å². The van der Waals surface area contributed by atoms with Gasteiger partial charge in [0.05, 0.1) is 0 Å². The first-order chi connectivity index (χ1) is 14.0. The van der Waals surface area contributed by atoms with Crippen molar-refractivity contribution < 1.29 is 14.0 Å². The molecule has 0 radical (unpaired) electrons. The number of hydrogen-bond donors (Lipinski definition) is 2. The number of anilines is 2. The molecule has 1 aliphatic rings. The molecule has 7 heteroatoms. The summed E-state index contributed by atoms with van der Waals surface area (Å²) in [6, 6.07) is 12.3. The second-order valence-corrected chi connectivity index (χ2v) is 7.63. The minimum Gasteiger partial charge on any atom is -0.356 e. The molecule has 0 atom stereocenters. The van der Waals surface area contributed by atoms with Gasteiger partial charge in [0.1, 0.15) is 5.82 Å². The topological polar surface area (TPSA) is 61.4 Å². The lowest BCUT2D eigenvalue weighted by Crippen LogP contribution is -2.38. The van der Waals surface area contributed by atoms with Crippen molar-refractivity contribution >= 4 is 34.9 Å². The highest BCUT2D eigenvalue weighted by molar-refractivity contribution is 6.30. The summed E-state index contributed by atoms with van der Waals surface area (Å²) < 4.78 is 13.3. The third-order valence-corrected chi connectivity index (χ3v) is 5.28. The highest BCUT2D eigenvalue weighted by Gasteiger charge is 2.22. The van der Waals surface area contributed by atoms with Crippen LogP contribution in [0.3, 0.4) is 0 Å². The first-order valence-electron chi connectivity index (χ1n) is 9.90. The molecule has 0 unspecified atom stereocenters. The van der Waals surface area contributed by atoms with E-state index >= 15 is 0 Å². The molecule has 3 amide bonds. The second-order valence-electron chi connectivity index (χ2n) is 7.19. The maximum atomic E-state index is 13.3. The number of halogens is 2. The predicted molar refractivity (Wildman–Crippen MR) is 114 cm³/mol. The van der Waals surface area contributed by atoms with Gasteiger partial charge in [-0.3, -0.25) is 9.69 Å². The fourth-order valence-electron chi connectivity index (χ4n) is 3.51. The van der Waals surface area contributed by atoms with Gasteiger partial charge < -0.3 is 10.6 Å². The van der Waals surface area contributed by atoms with Crippen LogP contribution in [0.1, 0.15) is 32.1 Å². The molecular formula is C22H25ClFN3O2. The van der Waals surface area contributed by atoms with Gasteiger partial charge in [-0.05, 0) is 61.7 Å². The Hall–Kier alpha value is -2.60. The van der Waals surface area contributed by atoms with Crippen molar-refractivity contribution in [3.05, 3.63) is 59.4 Å². The first-order valence-corrected chi connectivity index (χ1v) is 10.3. The Kier molecular flexibility index (Phi) is 7.47. The molecule has 5 nitrogen and oxygen atoms in total. The molecule has 29 heavy (non-hydrogen) atoms. The lowest BCUT2D eigenvalue weighted by molar-refractivity contribution is -0.124. The number of amides is 3. The fourth-order valence-corrected chi connectivity index (χ4v) is 3.70. The molecule has 0 heterocycles. The minimum atomic E-state index is -0.368. The molecule has 2 N–H and O–H groups in total. The molecule has 3 rings (SSSR count). The highest BCUT2D eigenvalue weighted by Crippen LogP contribution is 2.24. The number of nitrogens with zero attached hydrogens (tertiary/aromatic N) is 1. The summed E-state index contributed by atoms with van der Waals surface area (Å²) in [4.78, 5) is 26.5. The zero-order valence-corrected chi connectivity index (χ0v) is 16.9. The van der Waals surface area contributed by atoms with E-state index in [1.165, 1.54) is 17.0 Å². The summed E-state index contributed by atoms with van der Waals surface area (Å²) in [5.74, 6) is -0.152. The van der Waals surface area contributed by atoms with Crippen LogP contribution >= 0.6 is 11.6 Å². The van der Waals surface area contributed by atoms with Crippen molar-refractivity contribution in [2.24, 2.45) is 5.92 Å². The molecule has 0 saturated heterocycles. The molecule has 0 aliphatic heterocycles. The van der Waals surface area contributed by atoms with Gasteiger partial charge in [0.25, 0.3) is 0 Å². The maximum absolute atomic E-state index is 13.3. The fraction of sp³-hybridized carbons (Fsp3) is 0.364. The molecule has 1 saturated carbocycles. The first kappa shape index (κ1) is 21.1. The van der Waals surface area contributed by atoms with Crippen LogP contribution < -0.4 is 15.5 Å². The SMILES string of the molecule is O=C(NCCCN(C(=O)Nc1cccc(Cl)c1)c1ccc(F)cc1)C1CCCC1. The summed E-state index contributed by atoms with van der Waals surface area (Å²) in [5.41, 5.74) is 1.15. The van der Waals surface area contributed by atoms with Gasteiger partial charge in [-0.25, -0.2) is 9.18 Å². The van der Waals surface area contributed by atoms with Gasteiger partial charge in [0.15, 0.2) is 0 Å². The number of carbonyl (C=O) groups excluding carboxylic acids is 2. The quantitative estimate of drug-likeness (QED) is 0.607. The van der Waals surface area contributed by atoms with Crippen LogP contribution in [0.25, 0.3) is 0 Å². The van der Waals surface area contributed by atoms with E-state index in [4.69, 9.17) is 11.6 Å². The van der Waals surface area contributed by atoms with Gasteiger partial charge in [0.2, 0.25) is 5.91 Å². The molecular weight excluding hydrogens is 393 g/mol. The molecule has 0 bridgehead atoms. The molecule has 0 spiro atoms. The normalized spacial score (nSPS) is 13.9. The van der Waals surface area contributed by atoms with Gasteiger partial charge in [0, 0.05) is 35.4 Å². The Labute approximate surface area is 175 Å². The molecule has 1 aliphatic carbocycles. The average molecular weight is 418 g/mol. The van der Waals surface area contributed by atoms with Crippen molar-refractivity contribution in [3.8, 4) is 0 Å². The molecule has 0 aromatic heterocycles. The van der Waals surface area contributed by atoms with Gasteiger partial charge in [-0.1, -0.05) is 30.5 Å². The van der Waals surface area contributed by atoms with Crippen molar-refractivity contribution in [2.75, 3.05) is 23.3 Å². The second kappa shape index (κ2) is 10.3. The standard InChI is InChI=1S/C22H25ClFN3O2/c23-17-7-3-8-19(15-17)26-22(29)27(20-11-9-18(24)10-12-20)14-4-13-25-21(28)16-5-1-2-6-16/h3,7-12,15-16H,1-2,4-6,13-14H2,(H,25,28)(H,26,29). The Bertz CT molecular complexity index is 838. The summed E-state index contributed by atoms with van der Waals surface area (Å²) in [5, 5.41) is 6.29. The van der Waals surface area contributed by atoms with Crippen LogP contribution in [0.5, 0.6) is 0 Å². The maximum Gasteiger partial charge on any atom is 0.326 e. The minimum absolute atomic E-state index is 0.0965. The van der Waals surface area contributed by atoms with Crippen molar-refractivity contribution in [1.29, 1.82) is 0 Å². The lowest BCUT2D eigenvalue weighted by atomic mass is 10.1. The Morgan fingerprint density at radius 3 is 2.52 bits per heavy atom. The van der Waals surface area contributed by atoms with E-state index in [9.17, 15) is 14.0 Å². The van der Waals surface area contributed by atoms with Crippen LogP contribution in [0.4, 0.5) is 20.6 Å². The van der Waals surface area contributed by atoms with Crippen LogP contribution in [0, 0.1) is 11.7 Å². The van der Waals surface area contributed by atoms with Crippen LogP contribution in [-0.4, -0.2) is 25.0 Å². The van der Waals surface area contributed by atoms with E-state index in [-0.39, 0.29) is 23.7 Å². The van der Waals surface area contributed by atoms with E-state index in [2.05, 4.69) is 10.6 Å². The number of benzene rings is 2. The molecule has 1 fully saturated rings. The molecule has 2 aromatic carbocycles. The van der Waals surface area contributed by atoms with E-state index in [1.54, 1.807) is 36.4 Å². The zero-order chi connectivity index (χ0) is 20.6. The Morgan fingerprint density at radius 1 is 1.10 bits per heavy atom. The van der Waals surface area contributed by atoms with E-state index < -0.39 is 0 Å². The molecule has 154 valence electrons. The molecule has 2 aromatic rings. The summed E-state index contributed by atoms with van der Waals surface area (Å²) >= 11 is 5.98. The Balaban J connectivity index is 1.60. The number of carbonyl (C=O) groups is 2. The number of nitrogens with one attached hydrogen (secondary N) is 2. The van der Waals surface area contributed by atoms with Crippen LogP contribution in [0.2, 0.25) is 5.02 Å². The monoisotopic (exact) mass is 417 g/mol. The smallest absolute Gasteiger partial charge is 0.326 e. The average Bonchev–Trinajstić information content (AvgIpc) is 3.24. The lowest BCUT2D eigenvalue weighted by Gasteiger charge is -2.23. The van der Waals surface area contributed by atoms with Crippen molar-refractivity contribution in [2.45, 2.75) is 32.1 Å². The highest BCUT2D eigenvalue weighted by atomic mass is 35.5. The van der Waals surface area contributed by atoms with Gasteiger partial charge in [-0.15, -0.1) is 0 Å². The van der Waals surface area contributed by atoms with Crippen molar-refractivity contribution in [1.82, 2.24) is 5.32 Å². The largest absolute Gasteiger partial charge is 0.356 e. The third-order valence-electron chi connectivity index (χ3n) is 5.04. The van der Waals surface area contributed by atoms with E-state index in [0.29, 0.717) is 35.9 Å². The summed E-state index contributed by atoms with van der Waals surface area (Å²) in [6.45, 7) is 0.862. The van der Waals surface area contributed by atoms with Gasteiger partial charge >= 0.3 is 6.03 Å². The number of urea groups is 1. The zero-order valence-electron chi connectivity index (χ0n) is 16.2. The summed E-state index contributed by atoms with van der Waals surface area (Å²) in [6.07, 6.45) is 4.71. The van der Waals surface area contributed by atoms with Gasteiger partial charge in [-0.2, -0.15) is 0 Å². The van der Waals surface area contributed by atoms with Crippen molar-refractivity contribution in [3.63, 3.8) is 0 Å². The number of hydrogen-bond acceptors (Lipinski definition) is 2. The van der Waals surface area contributed by atoms with E-state index in [1.807, 2.05) is 0 Å². The predicted octanol–water partition coefficient (Wildman–Crippen LogP) is 5.21. The van der Waals surface area contributed by atoms with Crippen LogP contribution in [0.15, 0.2) is 48.5 Å². The summed E-state index contributed by atoms with van der Waals surface area (Å²) in [7, 11) is 0. The van der Waals surface area contributed by atoms with Crippen LogP contribution in [-0.2, 0) is 4.79 Å². The third kappa shape index (κ3) is 6.19. The Morgan fingerprint density at radius 2 is 1.83 bits per heavy atom. The number of rotatable bonds is 7.